The normalized spacial score (nSPS) is 10.6. The van der Waals surface area contributed by atoms with Gasteiger partial charge in [0.25, 0.3) is 0 Å². The number of hydrogen-bond donors (Lipinski definition) is 3. The first-order chi connectivity index (χ1) is 10.2. The van der Waals surface area contributed by atoms with Gasteiger partial charge in [0.2, 0.25) is 5.91 Å². The van der Waals surface area contributed by atoms with Crippen LogP contribution in [0.3, 0.4) is 0 Å². The van der Waals surface area contributed by atoms with Gasteiger partial charge in [-0.05, 0) is 24.5 Å². The fraction of sp³-hybridized carbons (Fsp3) is 0.467. The Morgan fingerprint density at radius 1 is 1.18 bits per heavy atom. The second-order valence-corrected chi connectivity index (χ2v) is 4.95. The molecule has 0 aliphatic carbocycles. The van der Waals surface area contributed by atoms with Gasteiger partial charge in [-0.25, -0.2) is 0 Å². The molecule has 1 amide bonds. The van der Waals surface area contributed by atoms with Gasteiger partial charge >= 0.3 is 0 Å². The van der Waals surface area contributed by atoms with Crippen molar-refractivity contribution in [3.63, 3.8) is 0 Å². The van der Waals surface area contributed by atoms with E-state index in [-0.39, 0.29) is 36.4 Å². The van der Waals surface area contributed by atoms with Gasteiger partial charge in [-0.3, -0.25) is 9.79 Å². The molecule has 1 rings (SSSR count). The molecule has 1 aromatic carbocycles. The number of guanidine groups is 1. The molecule has 0 radical (unpaired) electrons. The van der Waals surface area contributed by atoms with Crippen molar-refractivity contribution in [2.45, 2.75) is 19.8 Å². The average molecular weight is 439 g/mol. The smallest absolute Gasteiger partial charge is 0.239 e. The molecule has 0 aliphatic rings. The summed E-state index contributed by atoms with van der Waals surface area (Å²) < 4.78 is 0. The predicted molar refractivity (Wildman–Crippen MR) is 103 cm³/mol. The number of carbonyl (C=O) groups excluding carboxylic acids is 1. The molecule has 0 aliphatic heterocycles. The second kappa shape index (κ2) is 12.5. The molecule has 0 aromatic heterocycles. The highest BCUT2D eigenvalue weighted by molar-refractivity contribution is 14.0. The number of halogens is 2. The van der Waals surface area contributed by atoms with Gasteiger partial charge in [0.1, 0.15) is 0 Å². The van der Waals surface area contributed by atoms with Gasteiger partial charge in [-0.1, -0.05) is 36.7 Å². The maximum atomic E-state index is 11.5. The molecule has 0 saturated carbocycles. The molecule has 0 bridgehead atoms. The number of rotatable bonds is 7. The highest BCUT2D eigenvalue weighted by atomic mass is 127. The lowest BCUT2D eigenvalue weighted by atomic mass is 10.1. The third-order valence-corrected chi connectivity index (χ3v) is 3.23. The van der Waals surface area contributed by atoms with Gasteiger partial charge in [0.05, 0.1) is 6.54 Å². The first kappa shape index (κ1) is 21.0. The molecule has 5 nitrogen and oxygen atoms in total. The van der Waals surface area contributed by atoms with Crippen LogP contribution < -0.4 is 16.0 Å². The van der Waals surface area contributed by atoms with E-state index >= 15 is 0 Å². The number of benzene rings is 1. The summed E-state index contributed by atoms with van der Waals surface area (Å²) in [5, 5.41) is 9.69. The first-order valence-electron chi connectivity index (χ1n) is 7.12. The lowest BCUT2D eigenvalue weighted by molar-refractivity contribution is -0.120. The van der Waals surface area contributed by atoms with E-state index < -0.39 is 0 Å². The third-order valence-electron chi connectivity index (χ3n) is 2.86. The van der Waals surface area contributed by atoms with Crippen LogP contribution >= 0.6 is 35.6 Å². The summed E-state index contributed by atoms with van der Waals surface area (Å²) >= 11 is 6.10. The number of amides is 1. The molecular weight excluding hydrogens is 415 g/mol. The van der Waals surface area contributed by atoms with E-state index in [2.05, 4.69) is 20.9 Å². The minimum Gasteiger partial charge on any atom is -0.356 e. The fourth-order valence-corrected chi connectivity index (χ4v) is 1.96. The fourth-order valence-electron chi connectivity index (χ4n) is 1.73. The molecule has 124 valence electrons. The van der Waals surface area contributed by atoms with Crippen molar-refractivity contribution < 1.29 is 4.79 Å². The Kier molecular flexibility index (Phi) is 11.9. The van der Waals surface area contributed by atoms with Crippen molar-refractivity contribution >= 4 is 47.4 Å². The van der Waals surface area contributed by atoms with Crippen LogP contribution in [0.2, 0.25) is 5.02 Å². The Balaban J connectivity index is 0.00000441. The minimum atomic E-state index is -0.0362. The van der Waals surface area contributed by atoms with Crippen LogP contribution in [0.25, 0.3) is 0 Å². The van der Waals surface area contributed by atoms with Crippen LogP contribution in [0.1, 0.15) is 18.9 Å². The third kappa shape index (κ3) is 8.43. The number of hydrogen-bond acceptors (Lipinski definition) is 2. The van der Waals surface area contributed by atoms with Gasteiger partial charge in [-0.2, -0.15) is 0 Å². The van der Waals surface area contributed by atoms with Gasteiger partial charge in [-0.15, -0.1) is 24.0 Å². The summed E-state index contributed by atoms with van der Waals surface area (Å²) in [6, 6.07) is 7.75. The lowest BCUT2D eigenvalue weighted by Gasteiger charge is -2.12. The van der Waals surface area contributed by atoms with Crippen molar-refractivity contribution in [1.82, 2.24) is 16.0 Å². The Labute approximate surface area is 154 Å². The molecule has 0 spiro atoms. The summed E-state index contributed by atoms with van der Waals surface area (Å²) in [5.41, 5.74) is 1.09. The van der Waals surface area contributed by atoms with Crippen LogP contribution in [-0.2, 0) is 11.2 Å². The van der Waals surface area contributed by atoms with Crippen LogP contribution in [-0.4, -0.2) is 38.5 Å². The SMILES string of the molecule is CCCNC(=O)CNC(=NC)NCCc1ccccc1Cl.I. The van der Waals surface area contributed by atoms with Crippen molar-refractivity contribution in [3.05, 3.63) is 34.9 Å². The zero-order valence-corrected chi connectivity index (χ0v) is 16.1. The quantitative estimate of drug-likeness (QED) is 0.347. The molecule has 22 heavy (non-hydrogen) atoms. The summed E-state index contributed by atoms with van der Waals surface area (Å²) in [5.74, 6) is 0.569. The predicted octanol–water partition coefficient (Wildman–Crippen LogP) is 2.19. The molecule has 7 heteroatoms. The van der Waals surface area contributed by atoms with Crippen LogP contribution in [0.5, 0.6) is 0 Å². The molecule has 1 aromatic rings. The van der Waals surface area contributed by atoms with Crippen LogP contribution in [0.15, 0.2) is 29.3 Å². The van der Waals surface area contributed by atoms with E-state index in [1.807, 2.05) is 31.2 Å². The monoisotopic (exact) mass is 438 g/mol. The molecule has 0 fully saturated rings. The topological polar surface area (TPSA) is 65.5 Å². The molecule has 3 N–H and O–H groups in total. The molecule has 0 unspecified atom stereocenters. The van der Waals surface area contributed by atoms with Crippen LogP contribution in [0.4, 0.5) is 0 Å². The largest absolute Gasteiger partial charge is 0.356 e. The maximum Gasteiger partial charge on any atom is 0.239 e. The van der Waals surface area contributed by atoms with Crippen molar-refractivity contribution in [2.24, 2.45) is 4.99 Å². The lowest BCUT2D eigenvalue weighted by Crippen LogP contribution is -2.43. The Bertz CT molecular complexity index is 482. The Hall–Kier alpha value is -1.02. The minimum absolute atomic E-state index is 0. The summed E-state index contributed by atoms with van der Waals surface area (Å²) in [6.07, 6.45) is 1.72. The average Bonchev–Trinajstić information content (AvgIpc) is 2.50. The number of aliphatic imine (C=N–C) groups is 1. The van der Waals surface area contributed by atoms with Gasteiger partial charge in [0.15, 0.2) is 5.96 Å². The zero-order chi connectivity index (χ0) is 15.5. The van der Waals surface area contributed by atoms with E-state index in [4.69, 9.17) is 11.6 Å². The van der Waals surface area contributed by atoms with Crippen LogP contribution in [0, 0.1) is 0 Å². The highest BCUT2D eigenvalue weighted by Gasteiger charge is 2.03. The summed E-state index contributed by atoms with van der Waals surface area (Å²) in [6.45, 7) is 3.62. The van der Waals surface area contributed by atoms with E-state index in [1.54, 1.807) is 7.05 Å². The molecule has 0 heterocycles. The van der Waals surface area contributed by atoms with Gasteiger partial charge < -0.3 is 16.0 Å². The van der Waals surface area contributed by atoms with E-state index in [0.29, 0.717) is 19.0 Å². The van der Waals surface area contributed by atoms with Gasteiger partial charge in [0, 0.05) is 25.2 Å². The summed E-state index contributed by atoms with van der Waals surface area (Å²) in [4.78, 5) is 15.6. The molecule has 0 atom stereocenters. The first-order valence-corrected chi connectivity index (χ1v) is 7.49. The van der Waals surface area contributed by atoms with Crippen molar-refractivity contribution in [1.29, 1.82) is 0 Å². The van der Waals surface area contributed by atoms with E-state index in [0.717, 1.165) is 23.4 Å². The van der Waals surface area contributed by atoms with Crippen molar-refractivity contribution in [2.75, 3.05) is 26.7 Å². The van der Waals surface area contributed by atoms with E-state index in [1.165, 1.54) is 0 Å². The Morgan fingerprint density at radius 2 is 1.91 bits per heavy atom. The maximum absolute atomic E-state index is 11.5. The summed E-state index contributed by atoms with van der Waals surface area (Å²) in [7, 11) is 1.68. The molecule has 0 saturated heterocycles. The zero-order valence-electron chi connectivity index (χ0n) is 13.0. The van der Waals surface area contributed by atoms with E-state index in [9.17, 15) is 4.79 Å². The van der Waals surface area contributed by atoms with Crippen molar-refractivity contribution in [3.8, 4) is 0 Å². The number of carbonyl (C=O) groups is 1. The highest BCUT2D eigenvalue weighted by Crippen LogP contribution is 2.14. The Morgan fingerprint density at radius 3 is 2.55 bits per heavy atom. The number of nitrogens with zero attached hydrogens (tertiary/aromatic N) is 1. The second-order valence-electron chi connectivity index (χ2n) is 4.54. The number of nitrogens with one attached hydrogen (secondary N) is 3. The molecular formula is C15H24ClIN4O. The standard InChI is InChI=1S/C15H23ClN4O.HI/c1-3-9-18-14(21)11-20-15(17-2)19-10-8-12-6-4-5-7-13(12)16;/h4-7H,3,8-11H2,1-2H3,(H,18,21)(H2,17,19,20);1H.